The second-order valence-corrected chi connectivity index (χ2v) is 6.96. The number of benzene rings is 2. The zero-order valence-corrected chi connectivity index (χ0v) is 16.8. The van der Waals surface area contributed by atoms with E-state index in [4.69, 9.17) is 4.74 Å². The number of likely N-dealkylation sites (N-methyl/N-ethyl adjacent to an activating group) is 1. The van der Waals surface area contributed by atoms with Gasteiger partial charge in [0.2, 0.25) is 0 Å². The molecule has 158 valence electrons. The molecule has 4 rings (SSSR count). The van der Waals surface area contributed by atoms with Gasteiger partial charge >= 0.3 is 6.03 Å². The molecule has 1 saturated heterocycles. The molecule has 0 saturated carbocycles. The van der Waals surface area contributed by atoms with E-state index in [2.05, 4.69) is 5.32 Å². The fourth-order valence-corrected chi connectivity index (χ4v) is 3.50. The molecule has 0 atom stereocenters. The first-order chi connectivity index (χ1) is 15.0. The van der Waals surface area contributed by atoms with Gasteiger partial charge in [0.15, 0.2) is 0 Å². The molecule has 4 amide bonds. The number of aromatic nitrogens is 1. The first-order valence-corrected chi connectivity index (χ1v) is 9.83. The molecule has 1 aromatic heterocycles. The van der Waals surface area contributed by atoms with Gasteiger partial charge in [-0.15, -0.1) is 0 Å². The molecule has 0 aliphatic carbocycles. The lowest BCUT2D eigenvalue weighted by Gasteiger charge is -2.24. The zero-order chi connectivity index (χ0) is 22.0. The summed E-state index contributed by atoms with van der Waals surface area (Å²) >= 11 is 0. The number of para-hydroxylation sites is 1. The fraction of sp³-hybridized carbons (Fsp3) is 0.174. The fourth-order valence-electron chi connectivity index (χ4n) is 3.50. The Labute approximate surface area is 177 Å². The van der Waals surface area contributed by atoms with Crippen molar-refractivity contribution >= 4 is 34.8 Å². The molecule has 7 nitrogen and oxygen atoms in total. The molecule has 3 aromatic rings. The monoisotopic (exact) mass is 421 g/mol. The van der Waals surface area contributed by atoms with Gasteiger partial charge in [-0.05, 0) is 43.3 Å². The molecule has 0 unspecified atom stereocenters. The van der Waals surface area contributed by atoms with Gasteiger partial charge in [-0.3, -0.25) is 19.8 Å². The maximum absolute atomic E-state index is 13.0. The molecule has 8 heteroatoms. The van der Waals surface area contributed by atoms with Crippen LogP contribution in [0.2, 0.25) is 0 Å². The smallest absolute Gasteiger partial charge is 0.331 e. The van der Waals surface area contributed by atoms with Crippen molar-refractivity contribution in [2.45, 2.75) is 13.5 Å². The molecule has 1 fully saturated rings. The van der Waals surface area contributed by atoms with Crippen molar-refractivity contribution in [2.75, 3.05) is 13.2 Å². The Bertz CT molecular complexity index is 1200. The highest BCUT2D eigenvalue weighted by atomic mass is 19.1. The summed E-state index contributed by atoms with van der Waals surface area (Å²) in [6.07, 6.45) is 3.34. The van der Waals surface area contributed by atoms with Crippen molar-refractivity contribution in [3.8, 4) is 5.75 Å². The SMILES string of the molecule is CCN1C(=O)NC(=O)/C(=C\c2cn(CCOc3ccc(F)cc3)c3ccccc23)C1=O. The number of carbonyl (C=O) groups excluding carboxylic acids is 3. The van der Waals surface area contributed by atoms with Gasteiger partial charge in [-0.25, -0.2) is 9.18 Å². The number of amides is 4. The van der Waals surface area contributed by atoms with Crippen molar-refractivity contribution in [1.82, 2.24) is 14.8 Å². The number of hydrogen-bond acceptors (Lipinski definition) is 4. The number of ether oxygens (including phenoxy) is 1. The van der Waals surface area contributed by atoms with Crippen molar-refractivity contribution in [3.63, 3.8) is 0 Å². The largest absolute Gasteiger partial charge is 0.492 e. The van der Waals surface area contributed by atoms with Gasteiger partial charge in [-0.2, -0.15) is 0 Å². The third kappa shape index (κ3) is 4.05. The predicted molar refractivity (Wildman–Crippen MR) is 113 cm³/mol. The number of fused-ring (bicyclic) bond motifs is 1. The van der Waals surface area contributed by atoms with E-state index in [9.17, 15) is 18.8 Å². The Hall–Kier alpha value is -3.94. The van der Waals surface area contributed by atoms with Crippen LogP contribution in [0.15, 0.2) is 60.3 Å². The van der Waals surface area contributed by atoms with Gasteiger partial charge in [-0.1, -0.05) is 18.2 Å². The van der Waals surface area contributed by atoms with Crippen LogP contribution >= 0.6 is 0 Å². The number of rotatable bonds is 6. The van der Waals surface area contributed by atoms with Crippen LogP contribution in [0.5, 0.6) is 5.75 Å². The topological polar surface area (TPSA) is 80.6 Å². The lowest BCUT2D eigenvalue weighted by atomic mass is 10.1. The number of barbiturate groups is 1. The molecule has 0 bridgehead atoms. The minimum Gasteiger partial charge on any atom is -0.492 e. The van der Waals surface area contributed by atoms with Crippen LogP contribution in [-0.4, -0.2) is 40.5 Å². The van der Waals surface area contributed by atoms with E-state index in [1.54, 1.807) is 19.1 Å². The van der Waals surface area contributed by atoms with Crippen LogP contribution in [0, 0.1) is 5.82 Å². The molecule has 2 heterocycles. The average Bonchev–Trinajstić information content (AvgIpc) is 3.10. The number of carbonyl (C=O) groups is 3. The standard InChI is InChI=1S/C23H20FN3O4/c1-2-27-22(29)19(21(28)25-23(27)30)13-15-14-26(20-6-4-3-5-18(15)20)11-12-31-17-9-7-16(24)8-10-17/h3-10,13-14H,2,11-12H2,1H3,(H,25,28,30)/b19-13+. The second kappa shape index (κ2) is 8.43. The maximum Gasteiger partial charge on any atom is 0.331 e. The van der Waals surface area contributed by atoms with Crippen LogP contribution in [0.4, 0.5) is 9.18 Å². The van der Waals surface area contributed by atoms with Gasteiger partial charge in [0, 0.05) is 29.2 Å². The molecule has 1 aliphatic rings. The summed E-state index contributed by atoms with van der Waals surface area (Å²) < 4.78 is 20.7. The first kappa shape index (κ1) is 20.3. The summed E-state index contributed by atoms with van der Waals surface area (Å²) in [7, 11) is 0. The van der Waals surface area contributed by atoms with E-state index >= 15 is 0 Å². The minimum absolute atomic E-state index is 0.0908. The summed E-state index contributed by atoms with van der Waals surface area (Å²) in [6, 6.07) is 12.7. The van der Waals surface area contributed by atoms with Gasteiger partial charge < -0.3 is 9.30 Å². The van der Waals surface area contributed by atoms with E-state index in [-0.39, 0.29) is 17.9 Å². The Balaban J connectivity index is 1.61. The highest BCUT2D eigenvalue weighted by Gasteiger charge is 2.34. The van der Waals surface area contributed by atoms with Crippen molar-refractivity contribution < 1.29 is 23.5 Å². The predicted octanol–water partition coefficient (Wildman–Crippen LogP) is 3.34. The first-order valence-electron chi connectivity index (χ1n) is 9.83. The number of hydrogen-bond donors (Lipinski definition) is 1. The molecule has 0 radical (unpaired) electrons. The van der Waals surface area contributed by atoms with Crippen LogP contribution < -0.4 is 10.1 Å². The zero-order valence-electron chi connectivity index (χ0n) is 16.8. The lowest BCUT2D eigenvalue weighted by molar-refractivity contribution is -0.129. The summed E-state index contributed by atoms with van der Waals surface area (Å²) in [6.45, 7) is 2.67. The van der Waals surface area contributed by atoms with Gasteiger partial charge in [0.25, 0.3) is 11.8 Å². The van der Waals surface area contributed by atoms with Crippen LogP contribution in [0.3, 0.4) is 0 Å². The third-order valence-corrected chi connectivity index (χ3v) is 5.04. The normalized spacial score (nSPS) is 15.6. The maximum atomic E-state index is 13.0. The lowest BCUT2D eigenvalue weighted by Crippen LogP contribution is -2.53. The molecule has 1 N–H and O–H groups in total. The Morgan fingerprint density at radius 1 is 1.06 bits per heavy atom. The highest BCUT2D eigenvalue weighted by Crippen LogP contribution is 2.25. The Morgan fingerprint density at radius 2 is 1.81 bits per heavy atom. The Kier molecular flexibility index (Phi) is 5.53. The molecule has 31 heavy (non-hydrogen) atoms. The quantitative estimate of drug-likeness (QED) is 0.489. The molecular formula is C23H20FN3O4. The number of imide groups is 2. The van der Waals surface area contributed by atoms with Crippen LogP contribution in [0.25, 0.3) is 17.0 Å². The number of urea groups is 1. The van der Waals surface area contributed by atoms with Gasteiger partial charge in [0.05, 0.1) is 6.54 Å². The number of nitrogens with zero attached hydrogens (tertiary/aromatic N) is 2. The van der Waals surface area contributed by atoms with E-state index < -0.39 is 17.8 Å². The molecular weight excluding hydrogens is 401 g/mol. The molecule has 0 spiro atoms. The second-order valence-electron chi connectivity index (χ2n) is 6.96. The average molecular weight is 421 g/mol. The van der Waals surface area contributed by atoms with E-state index in [0.29, 0.717) is 24.5 Å². The van der Waals surface area contributed by atoms with E-state index in [0.717, 1.165) is 15.8 Å². The van der Waals surface area contributed by atoms with Crippen LogP contribution in [-0.2, 0) is 16.1 Å². The van der Waals surface area contributed by atoms with Gasteiger partial charge in [0.1, 0.15) is 23.7 Å². The third-order valence-electron chi connectivity index (χ3n) is 5.04. The minimum atomic E-state index is -0.713. The summed E-state index contributed by atoms with van der Waals surface area (Å²) in [5.41, 5.74) is 1.50. The van der Waals surface area contributed by atoms with Crippen molar-refractivity contribution in [2.24, 2.45) is 0 Å². The Morgan fingerprint density at radius 3 is 2.55 bits per heavy atom. The summed E-state index contributed by atoms with van der Waals surface area (Å²) in [4.78, 5) is 37.7. The van der Waals surface area contributed by atoms with E-state index in [1.165, 1.54) is 18.2 Å². The highest BCUT2D eigenvalue weighted by molar-refractivity contribution is 6.31. The van der Waals surface area contributed by atoms with Crippen LogP contribution in [0.1, 0.15) is 12.5 Å². The molecule has 2 aromatic carbocycles. The number of halogens is 1. The summed E-state index contributed by atoms with van der Waals surface area (Å²) in [5.74, 6) is -1.09. The van der Waals surface area contributed by atoms with Crippen molar-refractivity contribution in [3.05, 3.63) is 71.7 Å². The number of nitrogens with one attached hydrogen (secondary N) is 1. The molecule has 1 aliphatic heterocycles. The summed E-state index contributed by atoms with van der Waals surface area (Å²) in [5, 5.41) is 3.06. The van der Waals surface area contributed by atoms with Crippen molar-refractivity contribution in [1.29, 1.82) is 0 Å². The van der Waals surface area contributed by atoms with E-state index in [1.807, 2.05) is 35.0 Å².